The maximum Gasteiger partial charge on any atom is 0.287 e. The van der Waals surface area contributed by atoms with Crippen molar-refractivity contribution in [3.8, 4) is 0 Å². The van der Waals surface area contributed by atoms with E-state index in [0.29, 0.717) is 23.4 Å². The second-order valence-electron chi connectivity index (χ2n) is 12.1. The summed E-state index contributed by atoms with van der Waals surface area (Å²) in [5.41, 5.74) is -0.205. The normalized spacial score (nSPS) is 24.0. The van der Waals surface area contributed by atoms with Crippen LogP contribution in [-0.4, -0.2) is 62.7 Å². The Bertz CT molecular complexity index is 1480. The number of rotatable bonds is 12. The van der Waals surface area contributed by atoms with Crippen molar-refractivity contribution in [3.63, 3.8) is 0 Å². The lowest BCUT2D eigenvalue weighted by molar-refractivity contribution is -0.137. The molecule has 5 unspecified atom stereocenters. The molecule has 4 N–H and O–H groups in total. The van der Waals surface area contributed by atoms with Crippen LogP contribution in [0.5, 0.6) is 0 Å². The number of amides is 4. The molecule has 0 saturated heterocycles. The van der Waals surface area contributed by atoms with Gasteiger partial charge in [0.2, 0.25) is 17.6 Å². The number of hydrogen-bond donors (Lipinski definition) is 4. The average Bonchev–Trinajstić information content (AvgIpc) is 3.64. The number of carbonyl (C=O) groups is 5. The van der Waals surface area contributed by atoms with Gasteiger partial charge in [0.25, 0.3) is 17.4 Å². The van der Waals surface area contributed by atoms with Gasteiger partial charge in [-0.25, -0.2) is 0 Å². The van der Waals surface area contributed by atoms with E-state index in [9.17, 15) is 28.8 Å². The molecular weight excluding hydrogens is 574 g/mol. The minimum Gasteiger partial charge on any atom is -0.353 e. The first kappa shape index (κ1) is 30.5. The van der Waals surface area contributed by atoms with Crippen LogP contribution in [0.25, 0.3) is 0 Å². The zero-order valence-corrected chi connectivity index (χ0v) is 25.2. The Morgan fingerprint density at radius 2 is 1.86 bits per heavy atom. The number of likely N-dealkylation sites (N-methyl/N-ethyl adjacent to an activating group) is 1. The molecule has 2 heterocycles. The highest BCUT2D eigenvalue weighted by Gasteiger charge is 2.54. The van der Waals surface area contributed by atoms with E-state index in [2.05, 4.69) is 30.9 Å². The number of Topliss-reactive ketones (excluding diaryl/α,β-unsaturated/α-hetero) is 1. The van der Waals surface area contributed by atoms with Gasteiger partial charge < -0.3 is 25.8 Å². The van der Waals surface area contributed by atoms with E-state index in [-0.39, 0.29) is 47.8 Å². The lowest BCUT2D eigenvalue weighted by Crippen LogP contribution is -2.46. The molecule has 4 aliphatic carbocycles. The molecule has 0 radical (unpaired) electrons. The monoisotopic (exact) mass is 611 g/mol. The molecule has 2 aromatic rings. The molecule has 6 rings (SSSR count). The van der Waals surface area contributed by atoms with E-state index in [0.717, 1.165) is 36.7 Å². The van der Waals surface area contributed by atoms with Crippen LogP contribution in [-0.2, 0) is 25.7 Å². The van der Waals surface area contributed by atoms with Crippen molar-refractivity contribution < 1.29 is 24.0 Å². The molecule has 43 heavy (non-hydrogen) atoms. The Morgan fingerprint density at radius 1 is 1.09 bits per heavy atom. The first-order valence-electron chi connectivity index (χ1n) is 14.7. The molecule has 0 aliphatic heterocycles. The van der Waals surface area contributed by atoms with Crippen molar-refractivity contribution in [3.05, 3.63) is 39.3 Å². The van der Waals surface area contributed by atoms with Crippen LogP contribution < -0.4 is 26.8 Å². The fourth-order valence-corrected chi connectivity index (χ4v) is 7.80. The lowest BCUT2D eigenvalue weighted by Gasteiger charge is -2.32. The fraction of sp³-hybridized carbons (Fsp3) is 0.586. The summed E-state index contributed by atoms with van der Waals surface area (Å²) in [7, 11) is 1.32. The van der Waals surface area contributed by atoms with Gasteiger partial charge >= 0.3 is 0 Å². The van der Waals surface area contributed by atoms with E-state index in [1.54, 1.807) is 6.07 Å². The summed E-state index contributed by atoms with van der Waals surface area (Å²) in [6.07, 6.45) is 5.72. The number of ketones is 1. The van der Waals surface area contributed by atoms with Crippen molar-refractivity contribution in [2.45, 2.75) is 76.9 Å². The van der Waals surface area contributed by atoms with Crippen LogP contribution in [0, 0.1) is 23.7 Å². The Labute approximate surface area is 252 Å². The minimum absolute atomic E-state index is 0.0851. The second kappa shape index (κ2) is 12.7. The summed E-state index contributed by atoms with van der Waals surface area (Å²) in [6, 6.07) is 1.85. The number of anilines is 1. The lowest BCUT2D eigenvalue weighted by atomic mass is 9.79. The highest BCUT2D eigenvalue weighted by atomic mass is 32.1. The molecule has 4 bridgehead atoms. The average molecular weight is 612 g/mol. The molecule has 4 aliphatic rings. The van der Waals surface area contributed by atoms with Gasteiger partial charge in [-0.15, -0.1) is 5.10 Å². The molecule has 4 amide bonds. The molecule has 230 valence electrons. The van der Waals surface area contributed by atoms with Crippen LogP contribution in [0.2, 0.25) is 0 Å². The zero-order valence-electron chi connectivity index (χ0n) is 24.4. The molecule has 2 aromatic heterocycles. The molecule has 0 aromatic carbocycles. The van der Waals surface area contributed by atoms with Crippen LogP contribution in [0.3, 0.4) is 0 Å². The topological polar surface area (TPSA) is 181 Å². The highest BCUT2D eigenvalue weighted by molar-refractivity contribution is 7.08. The van der Waals surface area contributed by atoms with Gasteiger partial charge in [0.05, 0.1) is 5.69 Å². The first-order chi connectivity index (χ1) is 20.5. The van der Waals surface area contributed by atoms with Crippen LogP contribution in [0.4, 0.5) is 5.69 Å². The quantitative estimate of drug-likeness (QED) is 0.258. The molecule has 4 saturated carbocycles. The fourth-order valence-electron chi connectivity index (χ4n) is 7.08. The van der Waals surface area contributed by atoms with Crippen molar-refractivity contribution in [2.75, 3.05) is 12.4 Å². The summed E-state index contributed by atoms with van der Waals surface area (Å²) >= 11 is 0.878. The van der Waals surface area contributed by atoms with Gasteiger partial charge in [0, 0.05) is 25.7 Å². The van der Waals surface area contributed by atoms with Crippen molar-refractivity contribution in [1.29, 1.82) is 0 Å². The van der Waals surface area contributed by atoms with Crippen LogP contribution >= 0.6 is 11.5 Å². The number of nitrogens with one attached hydrogen (secondary N) is 4. The SMILES string of the molecule is CNC(=O)C(=O)CC[C@H](NC(=O)c1snnc1C(C)C)C(=O)Nc1cccn(CC(=O)NC2C3CC4CC(C3)C2C4)c1=O. The molecule has 0 spiro atoms. The number of nitrogens with zero attached hydrogens (tertiary/aromatic N) is 3. The summed E-state index contributed by atoms with van der Waals surface area (Å²) in [6.45, 7) is 3.51. The Morgan fingerprint density at radius 3 is 2.58 bits per heavy atom. The zero-order chi connectivity index (χ0) is 30.8. The second-order valence-corrected chi connectivity index (χ2v) is 12.9. The maximum atomic E-state index is 13.4. The summed E-state index contributed by atoms with van der Waals surface area (Å²) in [5, 5.41) is 14.5. The Kier molecular flexibility index (Phi) is 9.04. The van der Waals surface area contributed by atoms with Gasteiger partial charge in [0.1, 0.15) is 23.2 Å². The maximum absolute atomic E-state index is 13.4. The summed E-state index contributed by atoms with van der Waals surface area (Å²) < 4.78 is 5.07. The molecule has 14 heteroatoms. The van der Waals surface area contributed by atoms with E-state index in [4.69, 9.17) is 0 Å². The standard InChI is InChI=1S/C29H37N7O6S/c1-14(2)23-25(43-35-34-23)28(41)31-19(6-7-21(37)27(40)30-3)26(39)32-20-5-4-8-36(29(20)42)13-22(38)33-24-17-10-15-9-16(12-17)18(24)11-15/h4-5,8,14-19,24H,6-7,9-13H2,1-3H3,(H,30,40)(H,31,41)(H,32,39)(H,33,38)/t15?,16?,17?,18?,19-,24?/m0/s1. The van der Waals surface area contributed by atoms with Gasteiger partial charge in [-0.3, -0.25) is 28.8 Å². The largest absolute Gasteiger partial charge is 0.353 e. The molecule has 13 nitrogen and oxygen atoms in total. The summed E-state index contributed by atoms with van der Waals surface area (Å²) in [4.78, 5) is 76.8. The van der Waals surface area contributed by atoms with Gasteiger partial charge in [0.15, 0.2) is 0 Å². The first-order valence-corrected chi connectivity index (χ1v) is 15.5. The third kappa shape index (κ3) is 6.53. The van der Waals surface area contributed by atoms with Crippen LogP contribution in [0.15, 0.2) is 23.1 Å². The van der Waals surface area contributed by atoms with Gasteiger partial charge in [-0.1, -0.05) is 18.3 Å². The van der Waals surface area contributed by atoms with E-state index in [1.807, 2.05) is 13.8 Å². The minimum atomic E-state index is -1.26. The van der Waals surface area contributed by atoms with Gasteiger partial charge in [-0.05, 0) is 85.4 Å². The van der Waals surface area contributed by atoms with Crippen molar-refractivity contribution in [2.24, 2.45) is 23.7 Å². The Hall–Kier alpha value is -3.94. The van der Waals surface area contributed by atoms with E-state index < -0.39 is 35.1 Å². The van der Waals surface area contributed by atoms with E-state index >= 15 is 0 Å². The van der Waals surface area contributed by atoms with Crippen molar-refractivity contribution in [1.82, 2.24) is 30.1 Å². The van der Waals surface area contributed by atoms with E-state index in [1.165, 1.54) is 30.3 Å². The molecule has 6 atom stereocenters. The highest BCUT2D eigenvalue weighted by Crippen LogP contribution is 2.58. The Balaban J connectivity index is 1.26. The van der Waals surface area contributed by atoms with Gasteiger partial charge in [-0.2, -0.15) is 0 Å². The smallest absolute Gasteiger partial charge is 0.287 e. The third-order valence-corrected chi connectivity index (χ3v) is 9.75. The third-order valence-electron chi connectivity index (χ3n) is 9.01. The number of aromatic nitrogens is 3. The summed E-state index contributed by atoms with van der Waals surface area (Å²) in [5.74, 6) is -0.764. The number of pyridine rings is 1. The van der Waals surface area contributed by atoms with Crippen LogP contribution in [0.1, 0.15) is 73.7 Å². The predicted octanol–water partition coefficient (Wildman–Crippen LogP) is 1.21. The molecule has 4 fully saturated rings. The predicted molar refractivity (Wildman–Crippen MR) is 157 cm³/mol. The molecular formula is C29H37N7O6S. The number of carbonyl (C=O) groups excluding carboxylic acids is 5. The number of hydrogen-bond acceptors (Lipinski definition) is 9. The van der Waals surface area contributed by atoms with Crippen molar-refractivity contribution >= 4 is 46.6 Å².